The van der Waals surface area contributed by atoms with Crippen LogP contribution in [-0.4, -0.2) is 35.8 Å². The van der Waals surface area contributed by atoms with E-state index in [1.165, 1.54) is 12.8 Å². The average Bonchev–Trinajstić information content (AvgIpc) is 2.66. The number of rotatable bonds is 2. The highest BCUT2D eigenvalue weighted by Crippen LogP contribution is 2.45. The molecule has 1 aliphatic carbocycles. The molecule has 118 valence electrons. The molecule has 21 heavy (non-hydrogen) atoms. The highest BCUT2D eigenvalue weighted by molar-refractivity contribution is 6.06. The van der Waals surface area contributed by atoms with Crippen LogP contribution in [0.4, 0.5) is 0 Å². The molecule has 1 unspecified atom stereocenters. The van der Waals surface area contributed by atoms with Crippen molar-refractivity contribution in [3.8, 4) is 0 Å². The summed E-state index contributed by atoms with van der Waals surface area (Å²) in [5.41, 5.74) is -0.185. The van der Waals surface area contributed by atoms with Crippen molar-refractivity contribution in [1.82, 2.24) is 10.2 Å². The molecule has 3 aliphatic rings. The molecule has 4 heteroatoms. The zero-order valence-corrected chi connectivity index (χ0v) is 13.4. The van der Waals surface area contributed by atoms with Gasteiger partial charge in [-0.05, 0) is 37.6 Å². The smallest absolute Gasteiger partial charge is 0.235 e. The Morgan fingerprint density at radius 1 is 1.10 bits per heavy atom. The lowest BCUT2D eigenvalue weighted by Crippen LogP contribution is -2.54. The maximum atomic E-state index is 12.9. The first kappa shape index (κ1) is 15.0. The van der Waals surface area contributed by atoms with Crippen LogP contribution in [0.5, 0.6) is 0 Å². The fraction of sp³-hybridized carbons (Fsp3) is 0.882. The van der Waals surface area contributed by atoms with Crippen LogP contribution in [-0.2, 0) is 9.59 Å². The van der Waals surface area contributed by atoms with Gasteiger partial charge >= 0.3 is 0 Å². The molecule has 0 bridgehead atoms. The summed E-state index contributed by atoms with van der Waals surface area (Å²) in [5.74, 6) is 0.181. The summed E-state index contributed by atoms with van der Waals surface area (Å²) >= 11 is 0. The Hall–Kier alpha value is -0.900. The molecule has 2 heterocycles. The molecule has 3 fully saturated rings. The molecule has 0 aromatic heterocycles. The maximum Gasteiger partial charge on any atom is 0.235 e. The predicted octanol–water partition coefficient (Wildman–Crippen LogP) is 2.47. The van der Waals surface area contributed by atoms with E-state index in [1.807, 2.05) is 0 Å². The normalized spacial score (nSPS) is 31.9. The van der Waals surface area contributed by atoms with Crippen LogP contribution in [0.15, 0.2) is 0 Å². The van der Waals surface area contributed by atoms with E-state index in [0.717, 1.165) is 38.6 Å². The second-order valence-electron chi connectivity index (χ2n) is 7.93. The Morgan fingerprint density at radius 3 is 2.48 bits per heavy atom. The van der Waals surface area contributed by atoms with Gasteiger partial charge in [0.15, 0.2) is 0 Å². The van der Waals surface area contributed by atoms with Gasteiger partial charge < -0.3 is 5.32 Å². The third kappa shape index (κ3) is 2.63. The van der Waals surface area contributed by atoms with Gasteiger partial charge in [-0.1, -0.05) is 33.1 Å². The summed E-state index contributed by atoms with van der Waals surface area (Å²) in [6, 6.07) is 0.234. The molecule has 1 saturated carbocycles. The summed E-state index contributed by atoms with van der Waals surface area (Å²) in [6.45, 7) is 6.04. The van der Waals surface area contributed by atoms with Gasteiger partial charge in [-0.3, -0.25) is 14.5 Å². The van der Waals surface area contributed by atoms with Crippen LogP contribution in [0.25, 0.3) is 0 Å². The molecule has 0 radical (unpaired) electrons. The summed E-state index contributed by atoms with van der Waals surface area (Å²) in [7, 11) is 0. The molecule has 1 spiro atoms. The van der Waals surface area contributed by atoms with Gasteiger partial charge in [-0.15, -0.1) is 0 Å². The Labute approximate surface area is 127 Å². The van der Waals surface area contributed by atoms with Gasteiger partial charge in [0.1, 0.15) is 0 Å². The number of imide groups is 1. The summed E-state index contributed by atoms with van der Waals surface area (Å²) < 4.78 is 0. The number of hydrogen-bond acceptors (Lipinski definition) is 3. The number of amides is 2. The topological polar surface area (TPSA) is 49.4 Å². The molecule has 0 aromatic carbocycles. The van der Waals surface area contributed by atoms with Gasteiger partial charge in [0.2, 0.25) is 11.8 Å². The Morgan fingerprint density at radius 2 is 1.81 bits per heavy atom. The van der Waals surface area contributed by atoms with Crippen molar-refractivity contribution < 1.29 is 9.59 Å². The average molecular weight is 292 g/mol. The molecule has 2 saturated heterocycles. The van der Waals surface area contributed by atoms with Gasteiger partial charge in [0.25, 0.3) is 0 Å². The standard InChI is InChI=1S/C17H28N2O2/c1-16(2)7-6-10-18-13(16)12-19-14(20)11-17(15(19)21)8-4-3-5-9-17/h13,18H,3-12H2,1-2H3. The zero-order valence-electron chi connectivity index (χ0n) is 13.4. The molecule has 2 aliphatic heterocycles. The van der Waals surface area contributed by atoms with Crippen LogP contribution >= 0.6 is 0 Å². The van der Waals surface area contributed by atoms with Crippen LogP contribution < -0.4 is 5.32 Å². The molecule has 2 amide bonds. The van der Waals surface area contributed by atoms with Gasteiger partial charge in [-0.2, -0.15) is 0 Å². The number of hydrogen-bond donors (Lipinski definition) is 1. The SMILES string of the molecule is CC1(C)CCCNC1CN1C(=O)CC2(CCCCC2)C1=O. The monoisotopic (exact) mass is 292 g/mol. The number of nitrogens with one attached hydrogen (secondary N) is 1. The van der Waals surface area contributed by atoms with E-state index in [1.54, 1.807) is 4.90 Å². The second kappa shape index (κ2) is 5.38. The molecule has 3 rings (SSSR count). The van der Waals surface area contributed by atoms with E-state index in [0.29, 0.717) is 13.0 Å². The van der Waals surface area contributed by atoms with Crippen molar-refractivity contribution in [3.63, 3.8) is 0 Å². The van der Waals surface area contributed by atoms with E-state index in [-0.39, 0.29) is 28.7 Å². The van der Waals surface area contributed by atoms with Crippen LogP contribution in [0.3, 0.4) is 0 Å². The summed E-state index contributed by atoms with van der Waals surface area (Å²) in [6.07, 6.45) is 8.02. The van der Waals surface area contributed by atoms with Crippen LogP contribution in [0.1, 0.15) is 65.2 Å². The van der Waals surface area contributed by atoms with Gasteiger partial charge in [-0.25, -0.2) is 0 Å². The zero-order chi connectivity index (χ0) is 15.1. The minimum Gasteiger partial charge on any atom is -0.312 e. The van der Waals surface area contributed by atoms with E-state index in [2.05, 4.69) is 19.2 Å². The lowest BCUT2D eigenvalue weighted by Gasteiger charge is -2.41. The lowest BCUT2D eigenvalue weighted by molar-refractivity contribution is -0.143. The first-order valence-electron chi connectivity index (χ1n) is 8.53. The lowest BCUT2D eigenvalue weighted by atomic mass is 9.73. The Bertz CT molecular complexity index is 438. The third-order valence-electron chi connectivity index (χ3n) is 6.00. The predicted molar refractivity (Wildman–Crippen MR) is 81.7 cm³/mol. The van der Waals surface area contributed by atoms with Crippen molar-refractivity contribution in [2.24, 2.45) is 10.8 Å². The van der Waals surface area contributed by atoms with Crippen LogP contribution in [0, 0.1) is 10.8 Å². The number of nitrogens with zero attached hydrogens (tertiary/aromatic N) is 1. The fourth-order valence-corrected chi connectivity index (χ4v) is 4.43. The minimum atomic E-state index is -0.339. The second-order valence-corrected chi connectivity index (χ2v) is 7.93. The largest absolute Gasteiger partial charge is 0.312 e. The molecular weight excluding hydrogens is 264 g/mol. The van der Waals surface area contributed by atoms with E-state index < -0.39 is 0 Å². The number of piperidine rings is 1. The minimum absolute atomic E-state index is 0.0603. The maximum absolute atomic E-state index is 12.9. The highest BCUT2D eigenvalue weighted by atomic mass is 16.2. The van der Waals surface area contributed by atoms with Crippen molar-refractivity contribution in [1.29, 1.82) is 0 Å². The van der Waals surface area contributed by atoms with E-state index in [4.69, 9.17) is 0 Å². The summed E-state index contributed by atoms with van der Waals surface area (Å²) in [5, 5.41) is 3.52. The van der Waals surface area contributed by atoms with Crippen molar-refractivity contribution in [3.05, 3.63) is 0 Å². The molecule has 1 atom stereocenters. The van der Waals surface area contributed by atoms with Crippen LogP contribution in [0.2, 0.25) is 0 Å². The molecular formula is C17H28N2O2. The first-order chi connectivity index (χ1) is 9.95. The van der Waals surface area contributed by atoms with Gasteiger partial charge in [0.05, 0.1) is 5.41 Å². The number of likely N-dealkylation sites (tertiary alicyclic amines) is 1. The molecule has 0 aromatic rings. The Balaban J connectivity index is 1.73. The first-order valence-corrected chi connectivity index (χ1v) is 8.53. The van der Waals surface area contributed by atoms with E-state index >= 15 is 0 Å². The van der Waals surface area contributed by atoms with E-state index in [9.17, 15) is 9.59 Å². The number of carbonyl (C=O) groups excluding carboxylic acids is 2. The fourth-order valence-electron chi connectivity index (χ4n) is 4.43. The van der Waals surface area contributed by atoms with Crippen molar-refractivity contribution in [2.75, 3.05) is 13.1 Å². The number of carbonyl (C=O) groups is 2. The molecule has 4 nitrogen and oxygen atoms in total. The third-order valence-corrected chi connectivity index (χ3v) is 6.00. The van der Waals surface area contributed by atoms with Crippen molar-refractivity contribution >= 4 is 11.8 Å². The van der Waals surface area contributed by atoms with Crippen molar-refractivity contribution in [2.45, 2.75) is 71.3 Å². The molecule has 1 N–H and O–H groups in total. The quantitative estimate of drug-likeness (QED) is 0.795. The summed E-state index contributed by atoms with van der Waals surface area (Å²) in [4.78, 5) is 26.9. The van der Waals surface area contributed by atoms with Gasteiger partial charge in [0, 0.05) is 19.0 Å². The Kier molecular flexibility index (Phi) is 3.85. The highest BCUT2D eigenvalue weighted by Gasteiger charge is 2.52.